The Morgan fingerprint density at radius 2 is 1.95 bits per heavy atom. The summed E-state index contributed by atoms with van der Waals surface area (Å²) in [5, 5.41) is 5.33. The van der Waals surface area contributed by atoms with E-state index >= 15 is 0 Å². The van der Waals surface area contributed by atoms with Gasteiger partial charge in [-0.05, 0) is 49.9 Å². The molecule has 0 unspecified atom stereocenters. The second-order valence-corrected chi connectivity index (χ2v) is 11.5. The lowest BCUT2D eigenvalue weighted by Gasteiger charge is -2.39. The van der Waals surface area contributed by atoms with Crippen LogP contribution in [0.1, 0.15) is 35.3 Å². The highest BCUT2D eigenvalue weighted by molar-refractivity contribution is 7.89. The first-order valence-electron chi connectivity index (χ1n) is 12.0. The molecule has 198 valence electrons. The monoisotopic (exact) mass is 533 g/mol. The highest BCUT2D eigenvalue weighted by atomic mass is 32.2. The molecule has 1 aliphatic carbocycles. The summed E-state index contributed by atoms with van der Waals surface area (Å²) in [5.41, 5.74) is 0.711. The Morgan fingerprint density at radius 1 is 1.19 bits per heavy atom. The summed E-state index contributed by atoms with van der Waals surface area (Å²) < 4.78 is 50.2. The summed E-state index contributed by atoms with van der Waals surface area (Å²) in [6, 6.07) is 3.50. The van der Waals surface area contributed by atoms with Gasteiger partial charge in [-0.1, -0.05) is 0 Å². The van der Waals surface area contributed by atoms with Gasteiger partial charge in [0.1, 0.15) is 10.7 Å². The summed E-state index contributed by atoms with van der Waals surface area (Å²) in [6.07, 6.45) is 3.40. The number of ether oxygens (including phenoxy) is 1. The number of piperidine rings is 1. The second kappa shape index (κ2) is 9.45. The number of anilines is 1. The number of aryl methyl sites for hydroxylation is 2. The van der Waals surface area contributed by atoms with Gasteiger partial charge in [0.05, 0.1) is 6.61 Å². The first-order valence-corrected chi connectivity index (χ1v) is 13.5. The number of likely N-dealkylation sites (tertiary alicyclic amines) is 1. The number of rotatable bonds is 3. The van der Waals surface area contributed by atoms with E-state index in [0.29, 0.717) is 17.7 Å². The van der Waals surface area contributed by atoms with E-state index < -0.39 is 39.6 Å². The van der Waals surface area contributed by atoms with Crippen molar-refractivity contribution in [3.63, 3.8) is 0 Å². The maximum atomic E-state index is 13.6. The molecule has 0 bridgehead atoms. The summed E-state index contributed by atoms with van der Waals surface area (Å²) in [5.74, 6) is -2.73. The molecule has 2 aromatic rings. The van der Waals surface area contributed by atoms with Crippen molar-refractivity contribution in [3.8, 4) is 5.75 Å². The van der Waals surface area contributed by atoms with Crippen LogP contribution in [0.4, 0.5) is 10.1 Å². The Kier molecular flexibility index (Phi) is 6.44. The van der Waals surface area contributed by atoms with Crippen LogP contribution in [0.2, 0.25) is 0 Å². The lowest BCUT2D eigenvalue weighted by Crippen LogP contribution is -2.57. The van der Waals surface area contributed by atoms with Crippen LogP contribution in [0.5, 0.6) is 5.75 Å². The lowest BCUT2D eigenvalue weighted by molar-refractivity contribution is -0.147. The third kappa shape index (κ3) is 5.05. The average Bonchev–Trinajstić information content (AvgIpc) is 3.58. The maximum absolute atomic E-state index is 13.6. The molecule has 1 saturated carbocycles. The number of amides is 3. The third-order valence-corrected chi connectivity index (χ3v) is 8.40. The molecule has 0 radical (unpaired) electrons. The Morgan fingerprint density at radius 3 is 2.65 bits per heavy atom. The topological polar surface area (TPSA) is 139 Å². The van der Waals surface area contributed by atoms with E-state index in [1.807, 2.05) is 0 Å². The van der Waals surface area contributed by atoms with Crippen LogP contribution in [0.25, 0.3) is 0 Å². The Labute approximate surface area is 213 Å². The molecule has 11 nitrogen and oxygen atoms in total. The van der Waals surface area contributed by atoms with Crippen LogP contribution in [0.3, 0.4) is 0 Å². The van der Waals surface area contributed by atoms with Gasteiger partial charge < -0.3 is 24.8 Å². The largest absolute Gasteiger partial charge is 0.489 e. The van der Waals surface area contributed by atoms with Crippen LogP contribution in [0.15, 0.2) is 29.3 Å². The highest BCUT2D eigenvalue weighted by Gasteiger charge is 2.41. The van der Waals surface area contributed by atoms with Crippen molar-refractivity contribution in [2.75, 3.05) is 25.0 Å². The van der Waals surface area contributed by atoms with Crippen molar-refractivity contribution in [1.82, 2.24) is 19.5 Å². The van der Waals surface area contributed by atoms with E-state index in [2.05, 4.69) is 15.4 Å². The third-order valence-electron chi connectivity index (χ3n) is 6.92. The zero-order valence-corrected chi connectivity index (χ0v) is 21.2. The lowest BCUT2D eigenvalue weighted by atomic mass is 9.93. The SMILES string of the molecule is Cc1cc(NC(=O)c2c3c(cn2C)S(=O)(=O)N[C@@H]2CN(C(=O)C(=O)NC4CC4)CC[C@H]2CO3)ccc1F. The predicted octanol–water partition coefficient (Wildman–Crippen LogP) is 0.891. The van der Waals surface area contributed by atoms with E-state index in [0.717, 1.165) is 12.8 Å². The van der Waals surface area contributed by atoms with Crippen molar-refractivity contribution in [3.05, 3.63) is 41.5 Å². The van der Waals surface area contributed by atoms with E-state index in [-0.39, 0.29) is 48.0 Å². The molecule has 3 amide bonds. The number of nitrogens with one attached hydrogen (secondary N) is 3. The van der Waals surface area contributed by atoms with E-state index in [4.69, 9.17) is 4.74 Å². The van der Waals surface area contributed by atoms with Gasteiger partial charge in [-0.25, -0.2) is 17.5 Å². The van der Waals surface area contributed by atoms with Crippen molar-refractivity contribution in [2.45, 2.75) is 43.2 Å². The molecule has 2 aliphatic heterocycles. The number of sulfonamides is 1. The number of nitrogens with zero attached hydrogens (tertiary/aromatic N) is 2. The Hall–Kier alpha value is -3.45. The molecule has 5 rings (SSSR count). The van der Waals surface area contributed by atoms with Gasteiger partial charge in [-0.15, -0.1) is 0 Å². The molecule has 3 N–H and O–H groups in total. The molecule has 1 aromatic carbocycles. The second-order valence-electron chi connectivity index (χ2n) is 9.79. The molecular weight excluding hydrogens is 505 g/mol. The molecule has 37 heavy (non-hydrogen) atoms. The number of carbonyl (C=O) groups is 3. The average molecular weight is 534 g/mol. The molecule has 1 saturated heterocycles. The number of hydrogen-bond acceptors (Lipinski definition) is 6. The standard InChI is InChI=1S/C24H28FN5O6S/c1-13-9-16(5-6-17(13)25)27-22(31)20-21-19(11-29(20)2)37(34,35)28-18-10-30(8-7-14(18)12-36-21)24(33)23(32)26-15-3-4-15/h5-6,9,11,14-15,18,28H,3-4,7-8,10,12H2,1-2H3,(H,26,32)(H,27,31)/t14-,18+/m0/s1. The zero-order chi connectivity index (χ0) is 26.5. The summed E-state index contributed by atoms with van der Waals surface area (Å²) in [6.45, 7) is 1.99. The number of benzene rings is 1. The van der Waals surface area contributed by atoms with Gasteiger partial charge in [0, 0.05) is 50.0 Å². The molecular formula is C24H28FN5O6S. The smallest absolute Gasteiger partial charge is 0.311 e. The van der Waals surface area contributed by atoms with Crippen molar-refractivity contribution >= 4 is 33.4 Å². The molecule has 2 atom stereocenters. The van der Waals surface area contributed by atoms with Gasteiger partial charge in [0.15, 0.2) is 11.4 Å². The van der Waals surface area contributed by atoms with Crippen LogP contribution >= 0.6 is 0 Å². The molecule has 2 fully saturated rings. The fourth-order valence-electron chi connectivity index (χ4n) is 4.67. The summed E-state index contributed by atoms with van der Waals surface area (Å²) in [7, 11) is -2.61. The van der Waals surface area contributed by atoms with E-state index in [1.54, 1.807) is 6.92 Å². The van der Waals surface area contributed by atoms with Gasteiger partial charge >= 0.3 is 11.8 Å². The fourth-order valence-corrected chi connectivity index (χ4v) is 6.16. The number of aromatic nitrogens is 1. The first-order chi connectivity index (χ1) is 17.5. The fraction of sp³-hybridized carbons (Fsp3) is 0.458. The summed E-state index contributed by atoms with van der Waals surface area (Å²) in [4.78, 5) is 39.1. The van der Waals surface area contributed by atoms with E-state index in [1.165, 1.54) is 40.9 Å². The first kappa shape index (κ1) is 25.2. The molecule has 13 heteroatoms. The van der Waals surface area contributed by atoms with Gasteiger partial charge in [0.25, 0.3) is 5.91 Å². The Balaban J connectivity index is 1.36. The normalized spacial score (nSPS) is 22.5. The maximum Gasteiger partial charge on any atom is 0.311 e. The zero-order valence-electron chi connectivity index (χ0n) is 20.4. The number of fused-ring (bicyclic) bond motifs is 2. The number of hydrogen-bond donors (Lipinski definition) is 3. The minimum absolute atomic E-state index is 0.00478. The molecule has 3 aliphatic rings. The van der Waals surface area contributed by atoms with Crippen LogP contribution in [-0.2, 0) is 26.7 Å². The van der Waals surface area contributed by atoms with Gasteiger partial charge in [-0.3, -0.25) is 14.4 Å². The minimum Gasteiger partial charge on any atom is -0.489 e. The molecule has 3 heterocycles. The quantitative estimate of drug-likeness (QED) is 0.501. The van der Waals surface area contributed by atoms with Crippen LogP contribution in [-0.4, -0.2) is 67.4 Å². The summed E-state index contributed by atoms with van der Waals surface area (Å²) >= 11 is 0. The molecule has 0 spiro atoms. The van der Waals surface area contributed by atoms with E-state index in [9.17, 15) is 27.2 Å². The molecule has 1 aromatic heterocycles. The predicted molar refractivity (Wildman–Crippen MR) is 130 cm³/mol. The number of carbonyl (C=O) groups excluding carboxylic acids is 3. The Bertz CT molecular complexity index is 1390. The van der Waals surface area contributed by atoms with Crippen LogP contribution in [0, 0.1) is 18.7 Å². The van der Waals surface area contributed by atoms with Gasteiger partial charge in [0.2, 0.25) is 10.0 Å². The van der Waals surface area contributed by atoms with Crippen LogP contribution < -0.4 is 20.1 Å². The van der Waals surface area contributed by atoms with Gasteiger partial charge in [-0.2, -0.15) is 0 Å². The van der Waals surface area contributed by atoms with Crippen molar-refractivity contribution in [1.29, 1.82) is 0 Å². The highest BCUT2D eigenvalue weighted by Crippen LogP contribution is 2.35. The number of halogens is 1. The van der Waals surface area contributed by atoms with Crippen molar-refractivity contribution in [2.24, 2.45) is 13.0 Å². The minimum atomic E-state index is -4.13. The van der Waals surface area contributed by atoms with Crippen molar-refractivity contribution < 1.29 is 31.9 Å².